The SMILES string of the molecule is COc1ccccc1CNC(=O)COc1cc(C)nc(-c2ccc(F)cc2)n1. The Morgan fingerprint density at radius 2 is 1.86 bits per heavy atom. The van der Waals surface area contributed by atoms with Crippen molar-refractivity contribution in [1.82, 2.24) is 15.3 Å². The Morgan fingerprint density at radius 3 is 2.61 bits per heavy atom. The average molecular weight is 381 g/mol. The quantitative estimate of drug-likeness (QED) is 0.680. The van der Waals surface area contributed by atoms with E-state index in [1.165, 1.54) is 12.1 Å². The highest BCUT2D eigenvalue weighted by Gasteiger charge is 2.09. The molecule has 0 unspecified atom stereocenters. The summed E-state index contributed by atoms with van der Waals surface area (Å²) in [6.45, 7) is 1.94. The molecule has 0 aliphatic heterocycles. The number of hydrogen-bond acceptors (Lipinski definition) is 5. The molecule has 0 saturated heterocycles. The Balaban J connectivity index is 1.61. The van der Waals surface area contributed by atoms with E-state index in [0.29, 0.717) is 29.4 Å². The summed E-state index contributed by atoms with van der Waals surface area (Å²) in [5.41, 5.74) is 2.21. The molecule has 3 rings (SSSR count). The summed E-state index contributed by atoms with van der Waals surface area (Å²) in [6, 6.07) is 15.0. The van der Waals surface area contributed by atoms with Crippen LogP contribution in [0.1, 0.15) is 11.3 Å². The monoisotopic (exact) mass is 381 g/mol. The molecule has 144 valence electrons. The molecule has 2 aromatic carbocycles. The molecule has 3 aromatic rings. The van der Waals surface area contributed by atoms with Gasteiger partial charge in [0.1, 0.15) is 11.6 Å². The van der Waals surface area contributed by atoms with Crippen molar-refractivity contribution >= 4 is 5.91 Å². The van der Waals surface area contributed by atoms with Crippen LogP contribution in [0.25, 0.3) is 11.4 Å². The number of benzene rings is 2. The molecule has 0 saturated carbocycles. The van der Waals surface area contributed by atoms with Crippen molar-refractivity contribution in [3.05, 3.63) is 71.7 Å². The number of halogens is 1. The fourth-order valence-electron chi connectivity index (χ4n) is 2.58. The number of ether oxygens (including phenoxy) is 2. The predicted molar refractivity (Wildman–Crippen MR) is 102 cm³/mol. The summed E-state index contributed by atoms with van der Waals surface area (Å²) in [7, 11) is 1.58. The highest BCUT2D eigenvalue weighted by molar-refractivity contribution is 5.77. The Morgan fingerprint density at radius 1 is 1.11 bits per heavy atom. The van der Waals surface area contributed by atoms with Gasteiger partial charge in [0.15, 0.2) is 12.4 Å². The van der Waals surface area contributed by atoms with Gasteiger partial charge < -0.3 is 14.8 Å². The summed E-state index contributed by atoms with van der Waals surface area (Å²) >= 11 is 0. The van der Waals surface area contributed by atoms with Crippen LogP contribution in [0, 0.1) is 12.7 Å². The fourth-order valence-corrected chi connectivity index (χ4v) is 2.58. The summed E-state index contributed by atoms with van der Waals surface area (Å²) in [4.78, 5) is 20.7. The van der Waals surface area contributed by atoms with Gasteiger partial charge in [-0.3, -0.25) is 4.79 Å². The van der Waals surface area contributed by atoms with Crippen LogP contribution in [-0.4, -0.2) is 29.6 Å². The third kappa shape index (κ3) is 5.03. The standard InChI is InChI=1S/C21H20FN3O3/c1-14-11-20(25-21(24-14)15-7-9-17(22)10-8-15)28-13-19(26)23-12-16-5-3-4-6-18(16)27-2/h3-11H,12-13H2,1-2H3,(H,23,26). The number of nitrogens with zero attached hydrogens (tertiary/aromatic N) is 2. The third-order valence-corrected chi connectivity index (χ3v) is 3.95. The van der Waals surface area contributed by atoms with Crippen molar-refractivity contribution in [1.29, 1.82) is 0 Å². The first-order valence-electron chi connectivity index (χ1n) is 8.68. The molecule has 6 nitrogen and oxygen atoms in total. The van der Waals surface area contributed by atoms with E-state index in [-0.39, 0.29) is 24.2 Å². The lowest BCUT2D eigenvalue weighted by Crippen LogP contribution is -2.28. The number of hydrogen-bond donors (Lipinski definition) is 1. The number of carbonyl (C=O) groups excluding carboxylic acids is 1. The Labute approximate surface area is 162 Å². The minimum absolute atomic E-state index is 0.186. The average Bonchev–Trinajstić information content (AvgIpc) is 2.71. The summed E-state index contributed by atoms with van der Waals surface area (Å²) in [5.74, 6) is 0.771. The number of nitrogens with one attached hydrogen (secondary N) is 1. The zero-order chi connectivity index (χ0) is 19.9. The number of rotatable bonds is 7. The molecular formula is C21H20FN3O3. The molecule has 0 aliphatic rings. The van der Waals surface area contributed by atoms with Crippen molar-refractivity contribution in [3.63, 3.8) is 0 Å². The van der Waals surface area contributed by atoms with E-state index >= 15 is 0 Å². The van der Waals surface area contributed by atoms with Crippen LogP contribution < -0.4 is 14.8 Å². The third-order valence-electron chi connectivity index (χ3n) is 3.95. The molecule has 1 N–H and O–H groups in total. The molecular weight excluding hydrogens is 361 g/mol. The zero-order valence-corrected chi connectivity index (χ0v) is 15.6. The lowest BCUT2D eigenvalue weighted by atomic mass is 10.2. The minimum atomic E-state index is -0.334. The number of carbonyl (C=O) groups is 1. The molecule has 1 aromatic heterocycles. The first kappa shape index (κ1) is 19.3. The molecule has 0 radical (unpaired) electrons. The zero-order valence-electron chi connectivity index (χ0n) is 15.6. The smallest absolute Gasteiger partial charge is 0.258 e. The first-order chi connectivity index (χ1) is 13.5. The topological polar surface area (TPSA) is 73.3 Å². The molecule has 7 heteroatoms. The second-order valence-electron chi connectivity index (χ2n) is 6.06. The lowest BCUT2D eigenvalue weighted by molar-refractivity contribution is -0.123. The number of methoxy groups -OCH3 is 1. The number of amides is 1. The van der Waals surface area contributed by atoms with Crippen molar-refractivity contribution in [2.45, 2.75) is 13.5 Å². The predicted octanol–water partition coefficient (Wildman–Crippen LogP) is 3.29. The maximum atomic E-state index is 13.1. The van der Waals surface area contributed by atoms with Gasteiger partial charge in [0.25, 0.3) is 5.91 Å². The molecule has 1 heterocycles. The van der Waals surface area contributed by atoms with Gasteiger partial charge in [-0.25, -0.2) is 9.37 Å². The Hall–Kier alpha value is -3.48. The van der Waals surface area contributed by atoms with Crippen molar-refractivity contribution < 1.29 is 18.7 Å². The van der Waals surface area contributed by atoms with Gasteiger partial charge in [0.2, 0.25) is 5.88 Å². The maximum absolute atomic E-state index is 13.1. The normalized spacial score (nSPS) is 10.4. The van der Waals surface area contributed by atoms with E-state index in [1.54, 1.807) is 32.2 Å². The van der Waals surface area contributed by atoms with Crippen LogP contribution >= 0.6 is 0 Å². The van der Waals surface area contributed by atoms with Crippen LogP contribution in [0.3, 0.4) is 0 Å². The van der Waals surface area contributed by atoms with E-state index in [1.807, 2.05) is 24.3 Å². The van der Waals surface area contributed by atoms with Gasteiger partial charge in [-0.1, -0.05) is 18.2 Å². The van der Waals surface area contributed by atoms with Gasteiger partial charge in [0.05, 0.1) is 7.11 Å². The van der Waals surface area contributed by atoms with Crippen LogP contribution in [0.15, 0.2) is 54.6 Å². The molecule has 0 spiro atoms. The first-order valence-corrected chi connectivity index (χ1v) is 8.68. The van der Waals surface area contributed by atoms with Crippen LogP contribution in [-0.2, 0) is 11.3 Å². The van der Waals surface area contributed by atoms with E-state index < -0.39 is 0 Å². The van der Waals surface area contributed by atoms with Gasteiger partial charge in [-0.2, -0.15) is 4.98 Å². The Kier molecular flexibility index (Phi) is 6.16. The number of aromatic nitrogens is 2. The maximum Gasteiger partial charge on any atom is 0.258 e. The van der Waals surface area contributed by atoms with Gasteiger partial charge in [-0.05, 0) is 37.3 Å². The van der Waals surface area contributed by atoms with Crippen molar-refractivity contribution in [2.24, 2.45) is 0 Å². The molecule has 0 atom stereocenters. The van der Waals surface area contributed by atoms with Gasteiger partial charge >= 0.3 is 0 Å². The summed E-state index contributed by atoms with van der Waals surface area (Å²) < 4.78 is 23.9. The molecule has 0 fully saturated rings. The van der Waals surface area contributed by atoms with Crippen molar-refractivity contribution in [2.75, 3.05) is 13.7 Å². The fraction of sp³-hybridized carbons (Fsp3) is 0.190. The van der Waals surface area contributed by atoms with E-state index in [2.05, 4.69) is 15.3 Å². The van der Waals surface area contributed by atoms with Crippen LogP contribution in [0.2, 0.25) is 0 Å². The molecule has 0 bridgehead atoms. The second-order valence-corrected chi connectivity index (χ2v) is 6.06. The van der Waals surface area contributed by atoms with Crippen molar-refractivity contribution in [3.8, 4) is 23.0 Å². The Bertz CT molecular complexity index is 961. The van der Waals surface area contributed by atoms with Crippen LogP contribution in [0.5, 0.6) is 11.6 Å². The van der Waals surface area contributed by atoms with Crippen LogP contribution in [0.4, 0.5) is 4.39 Å². The minimum Gasteiger partial charge on any atom is -0.496 e. The lowest BCUT2D eigenvalue weighted by Gasteiger charge is -2.11. The summed E-state index contributed by atoms with van der Waals surface area (Å²) in [6.07, 6.45) is 0. The molecule has 28 heavy (non-hydrogen) atoms. The number of para-hydroxylation sites is 1. The highest BCUT2D eigenvalue weighted by atomic mass is 19.1. The van der Waals surface area contributed by atoms with Gasteiger partial charge in [0, 0.05) is 29.4 Å². The summed E-state index contributed by atoms with van der Waals surface area (Å²) in [5, 5.41) is 2.78. The van der Waals surface area contributed by atoms with E-state index in [0.717, 1.165) is 5.56 Å². The highest BCUT2D eigenvalue weighted by Crippen LogP contribution is 2.19. The molecule has 1 amide bonds. The van der Waals surface area contributed by atoms with E-state index in [4.69, 9.17) is 9.47 Å². The van der Waals surface area contributed by atoms with Gasteiger partial charge in [-0.15, -0.1) is 0 Å². The van der Waals surface area contributed by atoms with E-state index in [9.17, 15) is 9.18 Å². The number of aryl methyl sites for hydroxylation is 1. The molecule has 0 aliphatic carbocycles. The second kappa shape index (κ2) is 8.94. The largest absolute Gasteiger partial charge is 0.496 e.